The Morgan fingerprint density at radius 1 is 1.07 bits per heavy atom. The average Bonchev–Trinajstić information content (AvgIpc) is 3.19. The molecular weight excluding hydrogens is 358 g/mol. The smallest absolute Gasteiger partial charge is 0.335 e. The van der Waals surface area contributed by atoms with Crippen molar-refractivity contribution < 1.29 is 24.1 Å². The van der Waals surface area contributed by atoms with Gasteiger partial charge in [0.1, 0.15) is 5.75 Å². The van der Waals surface area contributed by atoms with Gasteiger partial charge in [-0.05, 0) is 80.2 Å². The van der Waals surface area contributed by atoms with Crippen LogP contribution in [0.1, 0.15) is 28.8 Å². The van der Waals surface area contributed by atoms with E-state index in [0.717, 1.165) is 56.1 Å². The summed E-state index contributed by atoms with van der Waals surface area (Å²) in [5.41, 5.74) is 1.56. The van der Waals surface area contributed by atoms with E-state index in [0.29, 0.717) is 19.3 Å². The highest BCUT2D eigenvalue weighted by atomic mass is 16.7. The van der Waals surface area contributed by atoms with Gasteiger partial charge in [-0.2, -0.15) is 0 Å². The van der Waals surface area contributed by atoms with E-state index in [9.17, 15) is 4.79 Å². The number of rotatable bonds is 7. The summed E-state index contributed by atoms with van der Waals surface area (Å²) in [6, 6.07) is 12.8. The van der Waals surface area contributed by atoms with Gasteiger partial charge in [-0.3, -0.25) is 0 Å². The fourth-order valence-corrected chi connectivity index (χ4v) is 3.67. The number of piperidine rings is 1. The Kier molecular flexibility index (Phi) is 5.67. The van der Waals surface area contributed by atoms with Crippen LogP contribution in [-0.4, -0.2) is 49.0 Å². The standard InChI is InChI=1S/C22H25NO5/c24-22(25)18-2-4-19(5-3-18)26-14-17-8-11-23(12-9-17)10-7-16-1-6-20-21(13-16)28-15-27-20/h1-6,13,17H,7-12,14-15H2,(H,24,25). The molecule has 2 aliphatic heterocycles. The molecule has 1 saturated heterocycles. The Morgan fingerprint density at radius 3 is 2.57 bits per heavy atom. The summed E-state index contributed by atoms with van der Waals surface area (Å²) >= 11 is 0. The predicted molar refractivity (Wildman–Crippen MR) is 104 cm³/mol. The zero-order valence-electron chi connectivity index (χ0n) is 15.8. The number of benzene rings is 2. The van der Waals surface area contributed by atoms with E-state index in [4.69, 9.17) is 19.3 Å². The summed E-state index contributed by atoms with van der Waals surface area (Å²) < 4.78 is 16.7. The van der Waals surface area contributed by atoms with Crippen molar-refractivity contribution in [2.24, 2.45) is 5.92 Å². The number of likely N-dealkylation sites (tertiary alicyclic amines) is 1. The number of carboxylic acid groups (broad SMARTS) is 1. The third-order valence-corrected chi connectivity index (χ3v) is 5.45. The number of nitrogens with zero attached hydrogens (tertiary/aromatic N) is 1. The van der Waals surface area contributed by atoms with E-state index in [1.807, 2.05) is 6.07 Å². The first-order valence-electron chi connectivity index (χ1n) is 9.74. The van der Waals surface area contributed by atoms with Gasteiger partial charge >= 0.3 is 5.97 Å². The maximum atomic E-state index is 10.9. The monoisotopic (exact) mass is 383 g/mol. The molecule has 2 heterocycles. The second kappa shape index (κ2) is 8.52. The minimum atomic E-state index is -0.917. The lowest BCUT2D eigenvalue weighted by Crippen LogP contribution is -2.36. The van der Waals surface area contributed by atoms with Crippen molar-refractivity contribution in [3.05, 3.63) is 53.6 Å². The van der Waals surface area contributed by atoms with Crippen LogP contribution >= 0.6 is 0 Å². The lowest BCUT2D eigenvalue weighted by molar-refractivity contribution is 0.0697. The van der Waals surface area contributed by atoms with E-state index < -0.39 is 5.97 Å². The molecule has 0 unspecified atom stereocenters. The number of fused-ring (bicyclic) bond motifs is 1. The molecule has 4 rings (SSSR count). The Labute approximate surface area is 164 Å². The molecule has 0 radical (unpaired) electrons. The summed E-state index contributed by atoms with van der Waals surface area (Å²) in [6.45, 7) is 4.21. The van der Waals surface area contributed by atoms with Crippen LogP contribution in [0.25, 0.3) is 0 Å². The van der Waals surface area contributed by atoms with Crippen molar-refractivity contribution in [3.63, 3.8) is 0 Å². The molecule has 0 bridgehead atoms. The van der Waals surface area contributed by atoms with Gasteiger partial charge in [0.25, 0.3) is 0 Å². The second-order valence-corrected chi connectivity index (χ2v) is 7.36. The maximum Gasteiger partial charge on any atom is 0.335 e. The lowest BCUT2D eigenvalue weighted by Gasteiger charge is -2.31. The lowest BCUT2D eigenvalue weighted by atomic mass is 9.97. The highest BCUT2D eigenvalue weighted by Crippen LogP contribution is 2.32. The molecule has 0 aromatic heterocycles. The SMILES string of the molecule is O=C(O)c1ccc(OCC2CCN(CCc3ccc4c(c3)OCO4)CC2)cc1. The zero-order chi connectivity index (χ0) is 19.3. The first-order chi connectivity index (χ1) is 13.7. The molecule has 0 amide bonds. The minimum absolute atomic E-state index is 0.281. The number of ether oxygens (including phenoxy) is 3. The van der Waals surface area contributed by atoms with E-state index in [2.05, 4.69) is 17.0 Å². The highest BCUT2D eigenvalue weighted by Gasteiger charge is 2.20. The van der Waals surface area contributed by atoms with Crippen LogP contribution in [0.4, 0.5) is 0 Å². The topological polar surface area (TPSA) is 68.2 Å². The Morgan fingerprint density at radius 2 is 1.82 bits per heavy atom. The predicted octanol–water partition coefficient (Wildman–Crippen LogP) is 3.45. The quantitative estimate of drug-likeness (QED) is 0.790. The van der Waals surface area contributed by atoms with Crippen molar-refractivity contribution in [3.8, 4) is 17.2 Å². The van der Waals surface area contributed by atoms with Gasteiger partial charge in [0.15, 0.2) is 11.5 Å². The molecule has 6 nitrogen and oxygen atoms in total. The first-order valence-corrected chi connectivity index (χ1v) is 9.74. The molecule has 1 fully saturated rings. The molecule has 0 atom stereocenters. The number of carbonyl (C=O) groups is 1. The molecule has 0 saturated carbocycles. The highest BCUT2D eigenvalue weighted by molar-refractivity contribution is 5.87. The van der Waals surface area contributed by atoms with Crippen LogP contribution in [0.15, 0.2) is 42.5 Å². The van der Waals surface area contributed by atoms with Crippen LogP contribution in [0.2, 0.25) is 0 Å². The van der Waals surface area contributed by atoms with Crippen LogP contribution in [-0.2, 0) is 6.42 Å². The third-order valence-electron chi connectivity index (χ3n) is 5.45. The molecule has 28 heavy (non-hydrogen) atoms. The summed E-state index contributed by atoms with van der Waals surface area (Å²) in [5, 5.41) is 8.93. The van der Waals surface area contributed by atoms with Gasteiger partial charge in [-0.25, -0.2) is 4.79 Å². The average molecular weight is 383 g/mol. The van der Waals surface area contributed by atoms with E-state index in [-0.39, 0.29) is 5.56 Å². The van der Waals surface area contributed by atoms with Gasteiger partial charge in [-0.1, -0.05) is 6.07 Å². The Hall–Kier alpha value is -2.73. The van der Waals surface area contributed by atoms with Crippen molar-refractivity contribution >= 4 is 5.97 Å². The molecule has 1 N–H and O–H groups in total. The van der Waals surface area contributed by atoms with Crippen LogP contribution in [0.5, 0.6) is 17.2 Å². The summed E-state index contributed by atoms with van der Waals surface area (Å²) in [4.78, 5) is 13.4. The fraction of sp³-hybridized carbons (Fsp3) is 0.409. The number of carboxylic acids is 1. The van der Waals surface area contributed by atoms with Crippen LogP contribution in [0.3, 0.4) is 0 Å². The van der Waals surface area contributed by atoms with Gasteiger partial charge < -0.3 is 24.2 Å². The number of hydrogen-bond donors (Lipinski definition) is 1. The molecular formula is C22H25NO5. The molecule has 2 aromatic rings. The maximum absolute atomic E-state index is 10.9. The number of aromatic carboxylic acids is 1. The normalized spacial score (nSPS) is 16.9. The van der Waals surface area contributed by atoms with Crippen molar-refractivity contribution in [1.29, 1.82) is 0 Å². The van der Waals surface area contributed by atoms with Crippen molar-refractivity contribution in [2.75, 3.05) is 33.0 Å². The summed E-state index contributed by atoms with van der Waals surface area (Å²) in [5.74, 6) is 2.04. The first kappa shape index (κ1) is 18.6. The van der Waals surface area contributed by atoms with E-state index in [1.54, 1.807) is 24.3 Å². The van der Waals surface area contributed by atoms with Crippen molar-refractivity contribution in [1.82, 2.24) is 4.90 Å². The molecule has 148 valence electrons. The fourth-order valence-electron chi connectivity index (χ4n) is 3.67. The molecule has 0 aliphatic carbocycles. The molecule has 2 aliphatic rings. The zero-order valence-corrected chi connectivity index (χ0v) is 15.8. The number of hydrogen-bond acceptors (Lipinski definition) is 5. The van der Waals surface area contributed by atoms with Gasteiger partial charge in [0, 0.05) is 6.54 Å². The van der Waals surface area contributed by atoms with Crippen LogP contribution < -0.4 is 14.2 Å². The van der Waals surface area contributed by atoms with Gasteiger partial charge in [0.05, 0.1) is 12.2 Å². The molecule has 0 spiro atoms. The van der Waals surface area contributed by atoms with E-state index >= 15 is 0 Å². The minimum Gasteiger partial charge on any atom is -0.493 e. The van der Waals surface area contributed by atoms with Crippen LogP contribution in [0, 0.1) is 5.92 Å². The molecule has 2 aromatic carbocycles. The molecule has 6 heteroatoms. The Bertz CT molecular complexity index is 812. The third kappa shape index (κ3) is 4.57. The van der Waals surface area contributed by atoms with Crippen molar-refractivity contribution in [2.45, 2.75) is 19.3 Å². The van der Waals surface area contributed by atoms with Gasteiger partial charge in [0.2, 0.25) is 6.79 Å². The van der Waals surface area contributed by atoms with Gasteiger partial charge in [-0.15, -0.1) is 0 Å². The summed E-state index contributed by atoms with van der Waals surface area (Å²) in [7, 11) is 0. The summed E-state index contributed by atoms with van der Waals surface area (Å²) in [6.07, 6.45) is 3.25. The second-order valence-electron chi connectivity index (χ2n) is 7.36. The largest absolute Gasteiger partial charge is 0.493 e. The van der Waals surface area contributed by atoms with E-state index in [1.165, 1.54) is 5.56 Å². The Balaban J connectivity index is 1.18.